The Morgan fingerprint density at radius 2 is 1.77 bits per heavy atom. The van der Waals surface area contributed by atoms with Crippen molar-refractivity contribution < 1.29 is 18.7 Å². The van der Waals surface area contributed by atoms with Gasteiger partial charge in [-0.15, -0.1) is 0 Å². The van der Waals surface area contributed by atoms with Crippen LogP contribution in [0.25, 0.3) is 0 Å². The van der Waals surface area contributed by atoms with Crippen molar-refractivity contribution in [2.75, 3.05) is 6.61 Å². The first-order chi connectivity index (χ1) is 14.4. The standard InChI is InChI=1S/C23H28ClFN2O3/c1-4-16(3)26-23(29)20(5-2)27(14-17-10-6-7-11-18(17)24)22(28)15-30-21-13-9-8-12-19(21)25/h6-13,16,20H,4-5,14-15H2,1-3H3,(H,26,29)/t16-,20-/m1/s1. The van der Waals surface area contributed by atoms with Crippen LogP contribution < -0.4 is 10.1 Å². The van der Waals surface area contributed by atoms with Gasteiger partial charge in [0.2, 0.25) is 5.91 Å². The molecule has 0 fully saturated rings. The molecule has 0 heterocycles. The van der Waals surface area contributed by atoms with Crippen LogP contribution in [0.5, 0.6) is 5.75 Å². The number of ether oxygens (including phenoxy) is 1. The minimum absolute atomic E-state index is 0.0133. The van der Waals surface area contributed by atoms with Gasteiger partial charge in [0.15, 0.2) is 18.2 Å². The number of nitrogens with zero attached hydrogens (tertiary/aromatic N) is 1. The van der Waals surface area contributed by atoms with Gasteiger partial charge in [0.05, 0.1) is 0 Å². The molecule has 1 N–H and O–H groups in total. The highest BCUT2D eigenvalue weighted by atomic mass is 35.5. The zero-order valence-corrected chi connectivity index (χ0v) is 18.3. The molecule has 2 rings (SSSR count). The maximum absolute atomic E-state index is 13.8. The first-order valence-electron chi connectivity index (χ1n) is 10.1. The summed E-state index contributed by atoms with van der Waals surface area (Å²) in [6, 6.07) is 12.3. The lowest BCUT2D eigenvalue weighted by molar-refractivity contribution is -0.143. The highest BCUT2D eigenvalue weighted by molar-refractivity contribution is 6.31. The van der Waals surface area contributed by atoms with E-state index in [-0.39, 0.29) is 24.2 Å². The topological polar surface area (TPSA) is 58.6 Å². The summed E-state index contributed by atoms with van der Waals surface area (Å²) in [5.41, 5.74) is 0.716. The predicted molar refractivity (Wildman–Crippen MR) is 116 cm³/mol. The van der Waals surface area contributed by atoms with Crippen LogP contribution >= 0.6 is 11.6 Å². The van der Waals surface area contributed by atoms with E-state index in [1.54, 1.807) is 30.3 Å². The lowest BCUT2D eigenvalue weighted by Gasteiger charge is -2.31. The summed E-state index contributed by atoms with van der Waals surface area (Å²) in [7, 11) is 0. The van der Waals surface area contributed by atoms with Gasteiger partial charge >= 0.3 is 0 Å². The highest BCUT2D eigenvalue weighted by Crippen LogP contribution is 2.21. The second-order valence-electron chi connectivity index (χ2n) is 7.07. The van der Waals surface area contributed by atoms with Crippen molar-refractivity contribution in [2.45, 2.75) is 52.2 Å². The van der Waals surface area contributed by atoms with Crippen molar-refractivity contribution in [3.05, 3.63) is 64.9 Å². The molecule has 0 saturated heterocycles. The van der Waals surface area contributed by atoms with Crippen LogP contribution in [0.3, 0.4) is 0 Å². The van der Waals surface area contributed by atoms with Crippen LogP contribution in [0, 0.1) is 5.82 Å². The quantitative estimate of drug-likeness (QED) is 0.595. The molecule has 5 nitrogen and oxygen atoms in total. The molecule has 0 aliphatic rings. The van der Waals surface area contributed by atoms with Crippen molar-refractivity contribution >= 4 is 23.4 Å². The lowest BCUT2D eigenvalue weighted by Crippen LogP contribution is -2.51. The van der Waals surface area contributed by atoms with Gasteiger partial charge in [-0.05, 0) is 43.5 Å². The number of benzene rings is 2. The summed E-state index contributed by atoms with van der Waals surface area (Å²) < 4.78 is 19.2. The number of nitrogens with one attached hydrogen (secondary N) is 1. The number of halogens is 2. The summed E-state index contributed by atoms with van der Waals surface area (Å²) in [4.78, 5) is 27.4. The van der Waals surface area contributed by atoms with Crippen LogP contribution in [-0.2, 0) is 16.1 Å². The predicted octanol–water partition coefficient (Wildman–Crippen LogP) is 4.58. The number of carbonyl (C=O) groups excluding carboxylic acids is 2. The van der Waals surface area contributed by atoms with E-state index in [9.17, 15) is 14.0 Å². The minimum Gasteiger partial charge on any atom is -0.481 e. The Kier molecular flexibility index (Phi) is 9.12. The third-order valence-corrected chi connectivity index (χ3v) is 5.24. The molecule has 0 unspecified atom stereocenters. The summed E-state index contributed by atoms with van der Waals surface area (Å²) in [5.74, 6) is -1.23. The van der Waals surface area contributed by atoms with E-state index in [1.807, 2.05) is 26.8 Å². The maximum atomic E-state index is 13.8. The van der Waals surface area contributed by atoms with E-state index < -0.39 is 24.4 Å². The molecule has 0 bridgehead atoms. The van der Waals surface area contributed by atoms with Crippen molar-refractivity contribution in [1.29, 1.82) is 0 Å². The zero-order valence-electron chi connectivity index (χ0n) is 17.5. The zero-order chi connectivity index (χ0) is 22.1. The van der Waals surface area contributed by atoms with Crippen molar-refractivity contribution in [3.8, 4) is 5.75 Å². The molecule has 7 heteroatoms. The third-order valence-electron chi connectivity index (χ3n) is 4.87. The van der Waals surface area contributed by atoms with E-state index in [0.29, 0.717) is 17.0 Å². The molecule has 0 radical (unpaired) electrons. The SMILES string of the molecule is CC[C@@H](C)NC(=O)[C@@H](CC)N(Cc1ccccc1Cl)C(=O)COc1ccccc1F. The van der Waals surface area contributed by atoms with Crippen LogP contribution in [0.2, 0.25) is 5.02 Å². The van der Waals surface area contributed by atoms with Gasteiger partial charge in [0, 0.05) is 17.6 Å². The normalized spacial score (nSPS) is 12.7. The average Bonchev–Trinajstić information content (AvgIpc) is 2.74. The Morgan fingerprint density at radius 1 is 1.10 bits per heavy atom. The van der Waals surface area contributed by atoms with E-state index in [4.69, 9.17) is 16.3 Å². The first kappa shape index (κ1) is 23.7. The van der Waals surface area contributed by atoms with E-state index in [0.717, 1.165) is 6.42 Å². The van der Waals surface area contributed by atoms with Gasteiger partial charge in [0.25, 0.3) is 5.91 Å². The number of hydrogen-bond donors (Lipinski definition) is 1. The molecule has 0 aromatic heterocycles. The molecule has 2 amide bonds. The average molecular weight is 435 g/mol. The smallest absolute Gasteiger partial charge is 0.261 e. The summed E-state index contributed by atoms with van der Waals surface area (Å²) in [5, 5.41) is 3.43. The van der Waals surface area contributed by atoms with Gasteiger partial charge in [-0.3, -0.25) is 9.59 Å². The number of hydrogen-bond acceptors (Lipinski definition) is 3. The number of carbonyl (C=O) groups is 2. The Labute approximate surface area is 182 Å². The second-order valence-corrected chi connectivity index (χ2v) is 7.48. The monoisotopic (exact) mass is 434 g/mol. The summed E-state index contributed by atoms with van der Waals surface area (Å²) >= 11 is 6.28. The number of amides is 2. The third kappa shape index (κ3) is 6.46. The summed E-state index contributed by atoms with van der Waals surface area (Å²) in [6.07, 6.45) is 1.19. The molecule has 2 aromatic rings. The van der Waals surface area contributed by atoms with Gasteiger partial charge in [-0.25, -0.2) is 4.39 Å². The molecule has 0 saturated carbocycles. The molecular weight excluding hydrogens is 407 g/mol. The van der Waals surface area contributed by atoms with Gasteiger partial charge in [-0.2, -0.15) is 0 Å². The van der Waals surface area contributed by atoms with Crippen molar-refractivity contribution in [2.24, 2.45) is 0 Å². The molecule has 2 aromatic carbocycles. The Balaban J connectivity index is 2.24. The Hall–Kier alpha value is -2.60. The van der Waals surface area contributed by atoms with Gasteiger partial charge < -0.3 is 15.0 Å². The maximum Gasteiger partial charge on any atom is 0.261 e. The fraction of sp³-hybridized carbons (Fsp3) is 0.391. The summed E-state index contributed by atoms with van der Waals surface area (Å²) in [6.45, 7) is 5.47. The van der Waals surface area contributed by atoms with Crippen LogP contribution in [-0.4, -0.2) is 35.4 Å². The second kappa shape index (κ2) is 11.6. The van der Waals surface area contributed by atoms with Crippen molar-refractivity contribution in [3.63, 3.8) is 0 Å². The van der Waals surface area contributed by atoms with E-state index in [2.05, 4.69) is 5.32 Å². The van der Waals surface area contributed by atoms with Crippen molar-refractivity contribution in [1.82, 2.24) is 10.2 Å². The number of rotatable bonds is 10. The van der Waals surface area contributed by atoms with Crippen LogP contribution in [0.4, 0.5) is 4.39 Å². The van der Waals surface area contributed by atoms with E-state index >= 15 is 0 Å². The molecule has 0 aliphatic heterocycles. The largest absolute Gasteiger partial charge is 0.481 e. The fourth-order valence-electron chi connectivity index (χ4n) is 2.95. The molecule has 0 aliphatic carbocycles. The molecule has 30 heavy (non-hydrogen) atoms. The molecular formula is C23H28ClFN2O3. The molecule has 162 valence electrons. The Morgan fingerprint density at radius 3 is 2.40 bits per heavy atom. The van der Waals surface area contributed by atoms with Crippen LogP contribution in [0.15, 0.2) is 48.5 Å². The lowest BCUT2D eigenvalue weighted by atomic mass is 10.1. The van der Waals surface area contributed by atoms with Gasteiger partial charge in [-0.1, -0.05) is 55.8 Å². The molecule has 2 atom stereocenters. The molecule has 0 spiro atoms. The Bertz CT molecular complexity index is 862. The highest BCUT2D eigenvalue weighted by Gasteiger charge is 2.30. The van der Waals surface area contributed by atoms with Gasteiger partial charge in [0.1, 0.15) is 6.04 Å². The first-order valence-corrected chi connectivity index (χ1v) is 10.5. The van der Waals surface area contributed by atoms with E-state index in [1.165, 1.54) is 17.0 Å². The van der Waals surface area contributed by atoms with Crippen LogP contribution in [0.1, 0.15) is 39.2 Å². The number of para-hydroxylation sites is 1. The minimum atomic E-state index is -0.702. The fourth-order valence-corrected chi connectivity index (χ4v) is 3.15.